The highest BCUT2D eigenvalue weighted by Gasteiger charge is 2.77. The van der Waals surface area contributed by atoms with Crippen LogP contribution < -0.4 is 0 Å². The van der Waals surface area contributed by atoms with Gasteiger partial charge in [0, 0.05) is 34.7 Å². The second-order valence-electron chi connectivity index (χ2n) is 12.7. The number of Topliss-reactive ketones (excluding diaryl/α,β-unsaturated/α-hetero) is 4. The molecule has 0 heterocycles. The van der Waals surface area contributed by atoms with Crippen LogP contribution in [0.3, 0.4) is 0 Å². The van der Waals surface area contributed by atoms with Crippen LogP contribution in [-0.4, -0.2) is 49.2 Å². The second kappa shape index (κ2) is 8.37. The Morgan fingerprint density at radius 3 is 2.23 bits per heavy atom. The van der Waals surface area contributed by atoms with Gasteiger partial charge in [0.1, 0.15) is 28.6 Å². The third kappa shape index (κ3) is 3.15. The van der Waals surface area contributed by atoms with Crippen molar-refractivity contribution >= 4 is 28.9 Å². The van der Waals surface area contributed by atoms with Gasteiger partial charge in [-0.05, 0) is 49.1 Å². The van der Waals surface area contributed by atoms with E-state index in [2.05, 4.69) is 0 Å². The quantitative estimate of drug-likeness (QED) is 0.406. The number of aliphatic hydroxyl groups is 3. The molecule has 4 aliphatic carbocycles. The van der Waals surface area contributed by atoms with Gasteiger partial charge in [0.15, 0.2) is 17.2 Å². The molecule has 0 aliphatic heterocycles. The van der Waals surface area contributed by atoms with Gasteiger partial charge in [0.25, 0.3) is 0 Å². The van der Waals surface area contributed by atoms with E-state index in [4.69, 9.17) is 0 Å². The van der Waals surface area contributed by atoms with Gasteiger partial charge in [-0.2, -0.15) is 0 Å². The molecule has 8 heteroatoms. The van der Waals surface area contributed by atoms with Crippen LogP contribution in [0, 0.1) is 34.5 Å². The van der Waals surface area contributed by atoms with Crippen LogP contribution in [0.5, 0.6) is 5.75 Å². The molecule has 2 fully saturated rings. The first-order valence-corrected chi connectivity index (χ1v) is 13.6. The molecular formula is C31H36O8. The summed E-state index contributed by atoms with van der Waals surface area (Å²) in [5.74, 6) is -7.53. The molecule has 4 N–H and O–H groups in total. The number of hydrogen-bond donors (Lipinski definition) is 4. The maximum absolute atomic E-state index is 14.6. The fraction of sp³-hybridized carbons (Fsp3) is 0.548. The van der Waals surface area contributed by atoms with Gasteiger partial charge in [0.2, 0.25) is 5.78 Å². The molecule has 39 heavy (non-hydrogen) atoms. The van der Waals surface area contributed by atoms with E-state index in [-0.39, 0.29) is 35.0 Å². The van der Waals surface area contributed by atoms with E-state index in [1.54, 1.807) is 39.8 Å². The van der Waals surface area contributed by atoms with Crippen LogP contribution in [0.2, 0.25) is 0 Å². The van der Waals surface area contributed by atoms with Crippen LogP contribution >= 0.6 is 0 Å². The molecule has 0 saturated heterocycles. The van der Waals surface area contributed by atoms with Gasteiger partial charge in [-0.1, -0.05) is 46.8 Å². The highest BCUT2D eigenvalue weighted by Crippen LogP contribution is 2.71. The average Bonchev–Trinajstić information content (AvgIpc) is 3.68. The zero-order valence-electron chi connectivity index (χ0n) is 23.2. The molecule has 208 valence electrons. The summed E-state index contributed by atoms with van der Waals surface area (Å²) >= 11 is 0. The van der Waals surface area contributed by atoms with Crippen molar-refractivity contribution in [1.29, 1.82) is 0 Å². The summed E-state index contributed by atoms with van der Waals surface area (Å²) in [6, 6.07) is 4.75. The largest absolute Gasteiger partial charge is 0.508 e. The summed E-state index contributed by atoms with van der Waals surface area (Å²) in [4.78, 5) is 54.6. The van der Waals surface area contributed by atoms with Gasteiger partial charge >= 0.3 is 0 Å². The minimum Gasteiger partial charge on any atom is -0.508 e. The number of carbonyl (C=O) groups is 4. The van der Waals surface area contributed by atoms with Crippen LogP contribution in [-0.2, 0) is 19.2 Å². The van der Waals surface area contributed by atoms with Crippen LogP contribution in [0.25, 0.3) is 5.76 Å². The summed E-state index contributed by atoms with van der Waals surface area (Å²) in [5.41, 5.74) is -5.98. The summed E-state index contributed by atoms with van der Waals surface area (Å²) in [5, 5.41) is 46.3. The number of fused-ring (bicyclic) bond motifs is 3. The molecule has 8 nitrogen and oxygen atoms in total. The molecule has 0 bridgehead atoms. The first-order valence-electron chi connectivity index (χ1n) is 13.6. The average molecular weight is 537 g/mol. The van der Waals surface area contributed by atoms with Gasteiger partial charge in [-0.25, -0.2) is 0 Å². The predicted octanol–water partition coefficient (Wildman–Crippen LogP) is 4.35. The number of aliphatic hydroxyl groups excluding tert-OH is 2. The van der Waals surface area contributed by atoms with E-state index >= 15 is 0 Å². The van der Waals surface area contributed by atoms with E-state index in [1.807, 2.05) is 6.92 Å². The smallest absolute Gasteiger partial charge is 0.203 e. The van der Waals surface area contributed by atoms with Gasteiger partial charge < -0.3 is 20.4 Å². The lowest BCUT2D eigenvalue weighted by Gasteiger charge is -2.65. The summed E-state index contributed by atoms with van der Waals surface area (Å²) in [7, 11) is 0. The highest BCUT2D eigenvalue weighted by molar-refractivity contribution is 6.24. The Labute approximate surface area is 227 Å². The van der Waals surface area contributed by atoms with E-state index in [9.17, 15) is 39.6 Å². The van der Waals surface area contributed by atoms with E-state index in [1.165, 1.54) is 6.07 Å². The molecule has 1 aromatic carbocycles. The Balaban J connectivity index is 1.93. The molecule has 0 spiro atoms. The Bertz CT molecular complexity index is 1410. The first kappa shape index (κ1) is 27.3. The van der Waals surface area contributed by atoms with E-state index in [0.717, 1.165) is 19.8 Å². The third-order valence-electron chi connectivity index (χ3n) is 10.4. The molecule has 1 aromatic rings. The van der Waals surface area contributed by atoms with Crippen LogP contribution in [0.15, 0.2) is 35.1 Å². The first-order chi connectivity index (χ1) is 18.1. The van der Waals surface area contributed by atoms with Gasteiger partial charge in [0.05, 0.1) is 5.56 Å². The van der Waals surface area contributed by atoms with Crippen LogP contribution in [0.1, 0.15) is 77.8 Å². The minimum atomic E-state index is -2.77. The van der Waals surface area contributed by atoms with Crippen molar-refractivity contribution in [3.8, 4) is 5.75 Å². The lowest BCUT2D eigenvalue weighted by Crippen LogP contribution is -2.73. The van der Waals surface area contributed by atoms with Crippen molar-refractivity contribution in [3.63, 3.8) is 0 Å². The zero-order chi connectivity index (χ0) is 29.0. The minimum absolute atomic E-state index is 0.0489. The Hall–Kier alpha value is -3.26. The standard InChI is InChI=1S/C31H36O8/c1-13(2)23-25(35)21(15(4)32)27(37)31(39)28(38)24-26(36)22-17(8-7-9-18(22)33)14(3)29(24,5)20(30(23,31)6)12-19(34)16-10-11-16/h7-9,13-14,16,20,23,33,36-37,39H,10-12H2,1-6H3/t14?,20-,23?,29-,30-,31+/m1/s1. The molecule has 0 amide bonds. The molecule has 5 rings (SSSR count). The van der Waals surface area contributed by atoms with Crippen molar-refractivity contribution in [2.75, 3.05) is 0 Å². The van der Waals surface area contributed by atoms with E-state index < -0.39 is 74.5 Å². The number of phenolic OH excluding ortho intramolecular Hbond substituents is 1. The molecule has 0 aromatic heterocycles. The van der Waals surface area contributed by atoms with Crippen molar-refractivity contribution in [3.05, 3.63) is 46.2 Å². The predicted molar refractivity (Wildman–Crippen MR) is 142 cm³/mol. The lowest BCUT2D eigenvalue weighted by atomic mass is 9.37. The zero-order valence-corrected chi connectivity index (χ0v) is 23.2. The number of carbonyl (C=O) groups excluding carboxylic acids is 4. The SMILES string of the molecule is CC(=O)C1=C(O)[C@]2(O)C(=O)C3=C(O)c4c(O)cccc4C(C)[C@]3(C)[C@@H](CC(=O)C3CC3)[C@]2(C)C(C(C)C)C1=O. The van der Waals surface area contributed by atoms with Crippen LogP contribution in [0.4, 0.5) is 0 Å². The molecular weight excluding hydrogens is 500 g/mol. The molecule has 4 aliphatic rings. The van der Waals surface area contributed by atoms with Gasteiger partial charge in [-0.3, -0.25) is 19.2 Å². The molecule has 2 saturated carbocycles. The number of rotatable bonds is 5. The maximum atomic E-state index is 14.6. The highest BCUT2D eigenvalue weighted by atomic mass is 16.3. The summed E-state index contributed by atoms with van der Waals surface area (Å²) in [6.45, 7) is 9.75. The Morgan fingerprint density at radius 2 is 1.69 bits per heavy atom. The lowest BCUT2D eigenvalue weighted by molar-refractivity contribution is -0.199. The number of phenols is 1. The number of benzene rings is 1. The normalized spacial score (nSPS) is 36.1. The van der Waals surface area contributed by atoms with Crippen molar-refractivity contribution in [2.24, 2.45) is 34.5 Å². The number of hydrogen-bond acceptors (Lipinski definition) is 8. The van der Waals surface area contributed by atoms with Gasteiger partial charge in [-0.15, -0.1) is 0 Å². The van der Waals surface area contributed by atoms with Crippen molar-refractivity contribution < 1.29 is 39.6 Å². The number of ketones is 4. The third-order valence-corrected chi connectivity index (χ3v) is 10.4. The van der Waals surface area contributed by atoms with Crippen molar-refractivity contribution in [2.45, 2.75) is 72.3 Å². The monoisotopic (exact) mass is 536 g/mol. The fourth-order valence-electron chi connectivity index (χ4n) is 8.29. The number of allylic oxidation sites excluding steroid dienone is 1. The Kier molecular flexibility index (Phi) is 5.86. The van der Waals surface area contributed by atoms with Crippen molar-refractivity contribution in [1.82, 2.24) is 0 Å². The molecule has 6 atom stereocenters. The molecule has 0 radical (unpaired) electrons. The summed E-state index contributed by atoms with van der Waals surface area (Å²) in [6.07, 6.45) is 1.37. The Morgan fingerprint density at radius 1 is 1.08 bits per heavy atom. The fourth-order valence-corrected chi connectivity index (χ4v) is 8.29. The maximum Gasteiger partial charge on any atom is 0.203 e. The topological polar surface area (TPSA) is 149 Å². The molecule has 2 unspecified atom stereocenters. The summed E-state index contributed by atoms with van der Waals surface area (Å²) < 4.78 is 0. The second-order valence-corrected chi connectivity index (χ2v) is 12.7. The van der Waals surface area contributed by atoms with E-state index in [0.29, 0.717) is 5.56 Å². The number of aromatic hydroxyl groups is 1.